The third-order valence-electron chi connectivity index (χ3n) is 3.91. The van der Waals surface area contributed by atoms with Crippen molar-refractivity contribution >= 4 is 17.1 Å². The molecule has 0 aromatic heterocycles. The number of aryl methyl sites for hydroxylation is 1. The number of anilines is 3. The van der Waals surface area contributed by atoms with Crippen molar-refractivity contribution in [2.24, 2.45) is 5.73 Å². The summed E-state index contributed by atoms with van der Waals surface area (Å²) in [6.07, 6.45) is 1.08. The molecule has 3 aromatic rings. The lowest BCUT2D eigenvalue weighted by atomic mass is 10.2. The maximum Gasteiger partial charge on any atom is 0.0317 e. The molecule has 5 heteroatoms. The Balaban J connectivity index is 0.000000210. The van der Waals surface area contributed by atoms with E-state index in [2.05, 4.69) is 24.4 Å². The van der Waals surface area contributed by atoms with Gasteiger partial charge in [-0.3, -0.25) is 0 Å². The first-order chi connectivity index (χ1) is 13.5. The predicted octanol–water partition coefficient (Wildman–Crippen LogP) is 3.55. The third kappa shape index (κ3) is 9.62. The van der Waals surface area contributed by atoms with E-state index >= 15 is 0 Å². The van der Waals surface area contributed by atoms with Crippen molar-refractivity contribution in [1.29, 1.82) is 0 Å². The summed E-state index contributed by atoms with van der Waals surface area (Å²) in [6.45, 7) is 3.57. The molecule has 0 heterocycles. The van der Waals surface area contributed by atoms with Gasteiger partial charge < -0.3 is 28.3 Å². The maximum atomic E-state index is 5.56. The molecular weight excluding hydrogens is 346 g/mol. The number of hydrogen-bond donors (Lipinski definition) is 5. The zero-order chi connectivity index (χ0) is 20.8. The number of nitrogens with two attached hydrogens (primary N) is 4. The fourth-order valence-electron chi connectivity index (χ4n) is 2.38. The number of hydrogen-bond acceptors (Lipinski definition) is 5. The van der Waals surface area contributed by atoms with Crippen LogP contribution in [0.1, 0.15) is 23.6 Å². The molecule has 0 saturated carbocycles. The second kappa shape index (κ2) is 13.2. The SMILES string of the molecule is CCc1ccc(N)cc1.CNCc1cccc(N)c1.NCc1cccc(N)c1. The average Bonchev–Trinajstić information content (AvgIpc) is 2.70. The molecule has 3 rings (SSSR count). The summed E-state index contributed by atoms with van der Waals surface area (Å²) in [6, 6.07) is 23.4. The summed E-state index contributed by atoms with van der Waals surface area (Å²) in [5.41, 5.74) is 28.0. The topological polar surface area (TPSA) is 116 Å². The minimum Gasteiger partial charge on any atom is -0.399 e. The number of rotatable bonds is 4. The zero-order valence-corrected chi connectivity index (χ0v) is 16.9. The fraction of sp³-hybridized carbons (Fsp3) is 0.217. The van der Waals surface area contributed by atoms with Gasteiger partial charge in [-0.2, -0.15) is 0 Å². The van der Waals surface area contributed by atoms with E-state index in [1.54, 1.807) is 0 Å². The minimum atomic E-state index is 0.561. The fourth-order valence-corrected chi connectivity index (χ4v) is 2.38. The molecule has 0 radical (unpaired) electrons. The van der Waals surface area contributed by atoms with E-state index in [0.29, 0.717) is 6.54 Å². The summed E-state index contributed by atoms with van der Waals surface area (Å²) in [7, 11) is 1.92. The number of nitrogen functional groups attached to an aromatic ring is 3. The van der Waals surface area contributed by atoms with Crippen LogP contribution < -0.4 is 28.3 Å². The number of benzene rings is 3. The van der Waals surface area contributed by atoms with E-state index in [4.69, 9.17) is 22.9 Å². The summed E-state index contributed by atoms with van der Waals surface area (Å²) < 4.78 is 0. The maximum absolute atomic E-state index is 5.56. The van der Waals surface area contributed by atoms with Gasteiger partial charge in [0, 0.05) is 30.2 Å². The molecule has 0 aliphatic heterocycles. The highest BCUT2D eigenvalue weighted by Gasteiger charge is 1.89. The Morgan fingerprint density at radius 1 is 0.679 bits per heavy atom. The van der Waals surface area contributed by atoms with Crippen molar-refractivity contribution in [2.75, 3.05) is 24.2 Å². The first-order valence-electron chi connectivity index (χ1n) is 9.36. The lowest BCUT2D eigenvalue weighted by Gasteiger charge is -1.99. The zero-order valence-electron chi connectivity index (χ0n) is 16.9. The van der Waals surface area contributed by atoms with Crippen LogP contribution in [0.3, 0.4) is 0 Å². The highest BCUT2D eigenvalue weighted by molar-refractivity contribution is 5.41. The van der Waals surface area contributed by atoms with Crippen molar-refractivity contribution in [3.05, 3.63) is 89.5 Å². The van der Waals surface area contributed by atoms with Gasteiger partial charge in [0.25, 0.3) is 0 Å². The predicted molar refractivity (Wildman–Crippen MR) is 123 cm³/mol. The molecule has 9 N–H and O–H groups in total. The summed E-state index contributed by atoms with van der Waals surface area (Å²) in [5, 5.41) is 3.06. The molecule has 0 amide bonds. The van der Waals surface area contributed by atoms with Gasteiger partial charge in [0.2, 0.25) is 0 Å². The van der Waals surface area contributed by atoms with Crippen LogP contribution in [-0.4, -0.2) is 7.05 Å². The van der Waals surface area contributed by atoms with Crippen LogP contribution in [0.4, 0.5) is 17.1 Å². The Morgan fingerprint density at radius 3 is 1.64 bits per heavy atom. The Morgan fingerprint density at radius 2 is 1.21 bits per heavy atom. The molecule has 0 aliphatic rings. The van der Waals surface area contributed by atoms with Crippen molar-refractivity contribution in [2.45, 2.75) is 26.4 Å². The van der Waals surface area contributed by atoms with Crippen molar-refractivity contribution in [1.82, 2.24) is 5.32 Å². The molecule has 0 unspecified atom stereocenters. The first kappa shape index (κ1) is 23.0. The van der Waals surface area contributed by atoms with Crippen molar-refractivity contribution < 1.29 is 0 Å². The highest BCUT2D eigenvalue weighted by atomic mass is 14.8. The molecule has 0 fully saturated rings. The Labute approximate surface area is 168 Å². The molecule has 0 atom stereocenters. The quantitative estimate of drug-likeness (QED) is 0.445. The van der Waals surface area contributed by atoms with Crippen LogP contribution in [0.15, 0.2) is 72.8 Å². The molecular formula is C23H33N5. The lowest BCUT2D eigenvalue weighted by molar-refractivity contribution is 0.818. The van der Waals surface area contributed by atoms with Crippen molar-refractivity contribution in [3.63, 3.8) is 0 Å². The monoisotopic (exact) mass is 379 g/mol. The Bertz CT molecular complexity index is 800. The molecule has 0 aliphatic carbocycles. The standard InChI is InChI=1S/C8H12N2.C8H11N.C7H10N2/c1-10-6-7-3-2-4-8(9)5-7;1-2-7-3-5-8(9)6-4-7;8-5-6-2-1-3-7(9)4-6/h2-5,10H,6,9H2,1H3;3-6H,2,9H2,1H3;1-4H,5,8-9H2. The van der Waals surface area contributed by atoms with Gasteiger partial charge in [-0.25, -0.2) is 0 Å². The third-order valence-corrected chi connectivity index (χ3v) is 3.91. The van der Waals surface area contributed by atoms with Crippen LogP contribution in [0, 0.1) is 0 Å². The van der Waals surface area contributed by atoms with E-state index in [1.165, 1.54) is 11.1 Å². The largest absolute Gasteiger partial charge is 0.399 e. The first-order valence-corrected chi connectivity index (χ1v) is 9.36. The number of nitrogens with one attached hydrogen (secondary N) is 1. The van der Waals surface area contributed by atoms with Crippen LogP contribution in [0.25, 0.3) is 0 Å². The van der Waals surface area contributed by atoms with E-state index in [1.807, 2.05) is 67.7 Å². The average molecular weight is 380 g/mol. The molecule has 5 nitrogen and oxygen atoms in total. The van der Waals surface area contributed by atoms with E-state index < -0.39 is 0 Å². The van der Waals surface area contributed by atoms with E-state index in [0.717, 1.165) is 35.6 Å². The Kier molecular flexibility index (Phi) is 10.8. The summed E-state index contributed by atoms with van der Waals surface area (Å²) in [5.74, 6) is 0. The highest BCUT2D eigenvalue weighted by Crippen LogP contribution is 2.06. The van der Waals surface area contributed by atoms with Crippen LogP contribution >= 0.6 is 0 Å². The second-order valence-electron chi connectivity index (χ2n) is 6.32. The molecule has 0 bridgehead atoms. The van der Waals surface area contributed by atoms with Gasteiger partial charge in [0.05, 0.1) is 0 Å². The minimum absolute atomic E-state index is 0.561. The van der Waals surface area contributed by atoms with Gasteiger partial charge in [-0.1, -0.05) is 43.3 Å². The normalized spacial score (nSPS) is 9.54. The Hall–Kier alpha value is -3.02. The van der Waals surface area contributed by atoms with Gasteiger partial charge in [-0.05, 0) is 66.6 Å². The smallest absolute Gasteiger partial charge is 0.0317 e. The van der Waals surface area contributed by atoms with Gasteiger partial charge in [0.15, 0.2) is 0 Å². The molecule has 0 saturated heterocycles. The van der Waals surface area contributed by atoms with Crippen LogP contribution in [0.2, 0.25) is 0 Å². The molecule has 28 heavy (non-hydrogen) atoms. The van der Waals surface area contributed by atoms with Gasteiger partial charge in [0.1, 0.15) is 0 Å². The van der Waals surface area contributed by atoms with Crippen LogP contribution in [0.5, 0.6) is 0 Å². The van der Waals surface area contributed by atoms with Gasteiger partial charge >= 0.3 is 0 Å². The summed E-state index contributed by atoms with van der Waals surface area (Å²) in [4.78, 5) is 0. The lowest BCUT2D eigenvalue weighted by Crippen LogP contribution is -2.04. The second-order valence-corrected chi connectivity index (χ2v) is 6.32. The van der Waals surface area contributed by atoms with Crippen LogP contribution in [-0.2, 0) is 19.5 Å². The molecule has 3 aromatic carbocycles. The summed E-state index contributed by atoms with van der Waals surface area (Å²) >= 11 is 0. The van der Waals surface area contributed by atoms with E-state index in [9.17, 15) is 0 Å². The molecule has 0 spiro atoms. The van der Waals surface area contributed by atoms with E-state index in [-0.39, 0.29) is 0 Å². The van der Waals surface area contributed by atoms with Gasteiger partial charge in [-0.15, -0.1) is 0 Å². The van der Waals surface area contributed by atoms with Crippen molar-refractivity contribution in [3.8, 4) is 0 Å². The molecule has 150 valence electrons.